The van der Waals surface area contributed by atoms with Gasteiger partial charge in [0.2, 0.25) is 5.43 Å². The van der Waals surface area contributed by atoms with Crippen LogP contribution in [0.15, 0.2) is 78.4 Å². The van der Waals surface area contributed by atoms with E-state index in [2.05, 4.69) is 17.2 Å². The first-order valence-corrected chi connectivity index (χ1v) is 10.5. The van der Waals surface area contributed by atoms with Gasteiger partial charge in [-0.3, -0.25) is 14.4 Å². The highest BCUT2D eigenvalue weighted by Crippen LogP contribution is 2.14. The number of amides is 2. The van der Waals surface area contributed by atoms with Crippen LogP contribution in [0.1, 0.15) is 37.4 Å². The summed E-state index contributed by atoms with van der Waals surface area (Å²) in [6, 6.07) is 15.2. The Morgan fingerprint density at radius 1 is 1.00 bits per heavy atom. The average molecular weight is 446 g/mol. The van der Waals surface area contributed by atoms with Crippen molar-refractivity contribution in [2.75, 3.05) is 13.7 Å². The second-order valence-electron chi connectivity index (χ2n) is 7.61. The van der Waals surface area contributed by atoms with Gasteiger partial charge in [0.15, 0.2) is 0 Å². The second kappa shape index (κ2) is 10.9. The van der Waals surface area contributed by atoms with Crippen LogP contribution >= 0.6 is 0 Å². The zero-order chi connectivity index (χ0) is 23.8. The maximum absolute atomic E-state index is 13.0. The van der Waals surface area contributed by atoms with Gasteiger partial charge in [-0.25, -0.2) is 0 Å². The molecule has 0 atom stereocenters. The summed E-state index contributed by atoms with van der Waals surface area (Å²) in [4.78, 5) is 38.5. The third-order valence-corrected chi connectivity index (χ3v) is 5.05. The fourth-order valence-corrected chi connectivity index (χ4v) is 3.27. The highest BCUT2D eigenvalue weighted by atomic mass is 16.5. The largest absolute Gasteiger partial charge is 0.497 e. The number of hydrogen-bond acceptors (Lipinski definition) is 4. The number of carbonyl (C=O) groups is 2. The van der Waals surface area contributed by atoms with E-state index in [4.69, 9.17) is 4.74 Å². The molecule has 170 valence electrons. The summed E-state index contributed by atoms with van der Waals surface area (Å²) in [7, 11) is 1.58. The lowest BCUT2D eigenvalue weighted by molar-refractivity contribution is 0.0949. The first-order chi connectivity index (χ1) is 15.9. The monoisotopic (exact) mass is 445 g/mol. The summed E-state index contributed by atoms with van der Waals surface area (Å²) in [5.74, 6) is -0.417. The number of pyridine rings is 1. The highest BCUT2D eigenvalue weighted by molar-refractivity contribution is 5.99. The molecule has 33 heavy (non-hydrogen) atoms. The predicted octanol–water partition coefficient (Wildman–Crippen LogP) is 3.06. The molecule has 0 aliphatic heterocycles. The van der Waals surface area contributed by atoms with E-state index in [-0.39, 0.29) is 24.2 Å². The molecule has 1 heterocycles. The van der Waals surface area contributed by atoms with Gasteiger partial charge in [0.25, 0.3) is 11.8 Å². The third-order valence-electron chi connectivity index (χ3n) is 5.05. The number of aromatic nitrogens is 1. The number of hydrogen-bond donors (Lipinski definition) is 2. The highest BCUT2D eigenvalue weighted by Gasteiger charge is 2.19. The molecule has 0 saturated carbocycles. The molecule has 0 bridgehead atoms. The van der Waals surface area contributed by atoms with Crippen LogP contribution in [-0.2, 0) is 13.1 Å². The number of carbonyl (C=O) groups excluding carboxylic acids is 2. The summed E-state index contributed by atoms with van der Waals surface area (Å²) < 4.78 is 6.92. The lowest BCUT2D eigenvalue weighted by Gasteiger charge is -2.13. The maximum Gasteiger partial charge on any atom is 0.257 e. The standard InChI is InChI=1S/C26H27N3O4/c1-4-12-27-25(31)22-16-29(15-20-6-5-7-21(13-20)33-3)17-23(24(22)30)26(32)28-14-19-10-8-18(2)9-11-19/h4-11,13,16-17H,1,12,14-15H2,2-3H3,(H,27,31)(H,28,32). The molecular weight excluding hydrogens is 418 g/mol. The Morgan fingerprint density at radius 2 is 1.67 bits per heavy atom. The van der Waals surface area contributed by atoms with Crippen LogP contribution in [0.5, 0.6) is 5.75 Å². The molecule has 3 rings (SSSR count). The van der Waals surface area contributed by atoms with Gasteiger partial charge >= 0.3 is 0 Å². The topological polar surface area (TPSA) is 89.4 Å². The number of methoxy groups -OCH3 is 1. The van der Waals surface area contributed by atoms with E-state index in [9.17, 15) is 14.4 Å². The van der Waals surface area contributed by atoms with Crippen molar-refractivity contribution in [3.05, 3.63) is 112 Å². The normalized spacial score (nSPS) is 10.4. The van der Waals surface area contributed by atoms with Gasteiger partial charge in [-0.05, 0) is 30.2 Å². The SMILES string of the molecule is C=CCNC(=O)c1cn(Cc2cccc(OC)c2)cc(C(=O)NCc2ccc(C)cc2)c1=O. The van der Waals surface area contributed by atoms with Crippen LogP contribution < -0.4 is 20.8 Å². The Morgan fingerprint density at radius 3 is 2.30 bits per heavy atom. The Labute approximate surface area is 192 Å². The zero-order valence-corrected chi connectivity index (χ0v) is 18.8. The Balaban J connectivity index is 1.92. The molecule has 2 amide bonds. The molecule has 0 saturated heterocycles. The number of benzene rings is 2. The van der Waals surface area contributed by atoms with Crippen molar-refractivity contribution in [1.82, 2.24) is 15.2 Å². The summed E-state index contributed by atoms with van der Waals surface area (Å²) in [5.41, 5.74) is 2.08. The molecule has 0 unspecified atom stereocenters. The van der Waals surface area contributed by atoms with Crippen molar-refractivity contribution < 1.29 is 14.3 Å². The van der Waals surface area contributed by atoms with Crippen molar-refractivity contribution in [2.45, 2.75) is 20.0 Å². The molecule has 7 nitrogen and oxygen atoms in total. The first kappa shape index (κ1) is 23.5. The molecule has 0 aliphatic carbocycles. The minimum Gasteiger partial charge on any atom is -0.497 e. The van der Waals surface area contributed by atoms with E-state index < -0.39 is 17.2 Å². The molecule has 0 radical (unpaired) electrons. The maximum atomic E-state index is 13.0. The van der Waals surface area contributed by atoms with E-state index in [1.54, 1.807) is 11.7 Å². The van der Waals surface area contributed by atoms with E-state index in [1.165, 1.54) is 18.5 Å². The Bertz CT molecular complexity index is 1210. The summed E-state index contributed by atoms with van der Waals surface area (Å²) in [5, 5.41) is 5.38. The molecule has 7 heteroatoms. The molecule has 2 aromatic carbocycles. The quantitative estimate of drug-likeness (QED) is 0.496. The van der Waals surface area contributed by atoms with Crippen LogP contribution in [0.2, 0.25) is 0 Å². The van der Waals surface area contributed by atoms with Crippen LogP contribution in [0.25, 0.3) is 0 Å². The smallest absolute Gasteiger partial charge is 0.257 e. The average Bonchev–Trinajstić information content (AvgIpc) is 2.83. The van der Waals surface area contributed by atoms with Gasteiger partial charge in [-0.2, -0.15) is 0 Å². The molecule has 0 aliphatic rings. The van der Waals surface area contributed by atoms with E-state index in [1.807, 2.05) is 55.5 Å². The van der Waals surface area contributed by atoms with Crippen molar-refractivity contribution in [3.63, 3.8) is 0 Å². The minimum atomic E-state index is -0.625. The van der Waals surface area contributed by atoms with E-state index in [0.717, 1.165) is 16.7 Å². The van der Waals surface area contributed by atoms with Gasteiger partial charge < -0.3 is 19.9 Å². The van der Waals surface area contributed by atoms with Gasteiger partial charge in [-0.1, -0.05) is 48.0 Å². The summed E-state index contributed by atoms with van der Waals surface area (Å²) in [6.07, 6.45) is 4.44. The van der Waals surface area contributed by atoms with Gasteiger partial charge in [0, 0.05) is 32.0 Å². The molecule has 0 spiro atoms. The lowest BCUT2D eigenvalue weighted by Crippen LogP contribution is -2.35. The van der Waals surface area contributed by atoms with Gasteiger partial charge in [0.05, 0.1) is 7.11 Å². The van der Waals surface area contributed by atoms with Crippen LogP contribution in [0.4, 0.5) is 0 Å². The Kier molecular flexibility index (Phi) is 7.81. The van der Waals surface area contributed by atoms with Crippen LogP contribution in [0.3, 0.4) is 0 Å². The van der Waals surface area contributed by atoms with E-state index >= 15 is 0 Å². The van der Waals surface area contributed by atoms with E-state index in [0.29, 0.717) is 12.3 Å². The molecular formula is C26H27N3O4. The van der Waals surface area contributed by atoms with Crippen LogP contribution in [-0.4, -0.2) is 30.0 Å². The number of nitrogens with one attached hydrogen (secondary N) is 2. The number of aryl methyl sites for hydroxylation is 1. The van der Waals surface area contributed by atoms with Crippen molar-refractivity contribution in [3.8, 4) is 5.75 Å². The number of nitrogens with zero attached hydrogens (tertiary/aromatic N) is 1. The molecule has 0 fully saturated rings. The fourth-order valence-electron chi connectivity index (χ4n) is 3.27. The van der Waals surface area contributed by atoms with Gasteiger partial charge in [0.1, 0.15) is 16.9 Å². The predicted molar refractivity (Wildman–Crippen MR) is 128 cm³/mol. The lowest BCUT2D eigenvalue weighted by atomic mass is 10.1. The summed E-state index contributed by atoms with van der Waals surface area (Å²) >= 11 is 0. The number of ether oxygens (including phenoxy) is 1. The molecule has 3 aromatic rings. The zero-order valence-electron chi connectivity index (χ0n) is 18.8. The van der Waals surface area contributed by atoms with Gasteiger partial charge in [-0.15, -0.1) is 6.58 Å². The summed E-state index contributed by atoms with van der Waals surface area (Å²) in [6.45, 7) is 6.37. The third kappa shape index (κ3) is 6.20. The van der Waals surface area contributed by atoms with Crippen LogP contribution in [0, 0.1) is 6.92 Å². The minimum absolute atomic E-state index is 0.101. The molecule has 1 aromatic heterocycles. The Hall–Kier alpha value is -4.13. The first-order valence-electron chi connectivity index (χ1n) is 10.5. The fraction of sp³-hybridized carbons (Fsp3) is 0.192. The molecule has 2 N–H and O–H groups in total. The van der Waals surface area contributed by atoms with Crippen molar-refractivity contribution in [1.29, 1.82) is 0 Å². The second-order valence-corrected chi connectivity index (χ2v) is 7.61. The van der Waals surface area contributed by atoms with Crippen molar-refractivity contribution in [2.24, 2.45) is 0 Å². The van der Waals surface area contributed by atoms with Crippen molar-refractivity contribution >= 4 is 11.8 Å². The number of rotatable bonds is 9.